The highest BCUT2D eigenvalue weighted by atomic mass is 35.5. The lowest BCUT2D eigenvalue weighted by atomic mass is 10.0. The van der Waals surface area contributed by atoms with E-state index in [0.29, 0.717) is 6.07 Å². The lowest BCUT2D eigenvalue weighted by Gasteiger charge is -2.11. The molecule has 2 N–H and O–H groups in total. The van der Waals surface area contributed by atoms with E-state index in [4.69, 9.17) is 17.3 Å². The smallest absolute Gasteiger partial charge is 0.321 e. The Morgan fingerprint density at radius 3 is 2.44 bits per heavy atom. The van der Waals surface area contributed by atoms with Gasteiger partial charge in [0.1, 0.15) is 0 Å². The van der Waals surface area contributed by atoms with E-state index in [-0.39, 0.29) is 10.6 Å². The van der Waals surface area contributed by atoms with E-state index in [1.807, 2.05) is 0 Å². The zero-order chi connectivity index (χ0) is 12.5. The van der Waals surface area contributed by atoms with Gasteiger partial charge in [-0.05, 0) is 25.1 Å². The second-order valence-corrected chi connectivity index (χ2v) is 3.75. The molecule has 0 saturated carbocycles. The number of halogens is 4. The Morgan fingerprint density at radius 1 is 1.44 bits per heavy atom. The molecule has 1 atom stereocenters. The van der Waals surface area contributed by atoms with Gasteiger partial charge in [0.2, 0.25) is 0 Å². The van der Waals surface area contributed by atoms with Crippen LogP contribution in [0.15, 0.2) is 18.2 Å². The third kappa shape index (κ3) is 2.74. The normalized spacial score (nSPS) is 13.6. The van der Waals surface area contributed by atoms with Crippen molar-refractivity contribution in [2.75, 3.05) is 0 Å². The van der Waals surface area contributed by atoms with Crippen LogP contribution in [0.1, 0.15) is 22.8 Å². The van der Waals surface area contributed by atoms with Crippen LogP contribution >= 0.6 is 11.6 Å². The molecule has 0 aliphatic carbocycles. The molecule has 0 saturated heterocycles. The van der Waals surface area contributed by atoms with Gasteiger partial charge in [-0.25, -0.2) is 0 Å². The quantitative estimate of drug-likeness (QED) is 0.822. The Bertz CT molecular complexity index is 415. The molecular formula is C10H9ClF3NO. The predicted molar refractivity (Wildman–Crippen MR) is 54.4 cm³/mol. The van der Waals surface area contributed by atoms with Gasteiger partial charge in [-0.3, -0.25) is 4.79 Å². The molecule has 1 unspecified atom stereocenters. The van der Waals surface area contributed by atoms with Gasteiger partial charge < -0.3 is 5.73 Å². The van der Waals surface area contributed by atoms with Crippen molar-refractivity contribution >= 4 is 17.4 Å². The zero-order valence-corrected chi connectivity index (χ0v) is 9.06. The Morgan fingerprint density at radius 2 is 2.00 bits per heavy atom. The van der Waals surface area contributed by atoms with Crippen LogP contribution in [0.25, 0.3) is 0 Å². The van der Waals surface area contributed by atoms with E-state index in [2.05, 4.69) is 0 Å². The van der Waals surface area contributed by atoms with Crippen molar-refractivity contribution in [1.29, 1.82) is 0 Å². The molecule has 0 heterocycles. The summed E-state index contributed by atoms with van der Waals surface area (Å²) >= 11 is 5.64. The molecule has 2 nitrogen and oxygen atoms in total. The molecule has 0 radical (unpaired) electrons. The molecule has 0 spiro atoms. The van der Waals surface area contributed by atoms with Gasteiger partial charge in [-0.2, -0.15) is 13.2 Å². The van der Waals surface area contributed by atoms with Gasteiger partial charge in [0.25, 0.3) is 0 Å². The Hall–Kier alpha value is -1.07. The standard InChI is InChI=1S/C10H9ClF3NO/c1-5(15)9(16)7-4-6(10(12,13)14)2-3-8(7)11/h2-5H,15H2,1H3. The average molecular weight is 252 g/mol. The van der Waals surface area contributed by atoms with E-state index >= 15 is 0 Å². The number of rotatable bonds is 2. The van der Waals surface area contributed by atoms with Crippen molar-refractivity contribution in [3.05, 3.63) is 34.3 Å². The van der Waals surface area contributed by atoms with Crippen LogP contribution < -0.4 is 5.73 Å². The van der Waals surface area contributed by atoms with Crippen LogP contribution in [0.2, 0.25) is 5.02 Å². The summed E-state index contributed by atoms with van der Waals surface area (Å²) in [5.41, 5.74) is 4.19. The number of nitrogens with two attached hydrogens (primary N) is 1. The molecule has 1 rings (SSSR count). The second-order valence-electron chi connectivity index (χ2n) is 3.35. The Kier molecular flexibility index (Phi) is 3.60. The third-order valence-electron chi connectivity index (χ3n) is 1.97. The van der Waals surface area contributed by atoms with E-state index < -0.39 is 23.6 Å². The highest BCUT2D eigenvalue weighted by Gasteiger charge is 2.31. The van der Waals surface area contributed by atoms with Crippen molar-refractivity contribution in [3.8, 4) is 0 Å². The average Bonchev–Trinajstić information content (AvgIpc) is 2.15. The number of carbonyl (C=O) groups is 1. The minimum absolute atomic E-state index is 0.0321. The van der Waals surface area contributed by atoms with Crippen LogP contribution in [-0.4, -0.2) is 11.8 Å². The number of carbonyl (C=O) groups excluding carboxylic acids is 1. The molecule has 88 valence electrons. The van der Waals surface area contributed by atoms with Gasteiger partial charge in [0.05, 0.1) is 16.6 Å². The summed E-state index contributed by atoms with van der Waals surface area (Å²) < 4.78 is 37.1. The fourth-order valence-corrected chi connectivity index (χ4v) is 1.35. The summed E-state index contributed by atoms with van der Waals surface area (Å²) in [4.78, 5) is 11.5. The zero-order valence-electron chi connectivity index (χ0n) is 8.31. The fraction of sp³-hybridized carbons (Fsp3) is 0.300. The molecular weight excluding hydrogens is 243 g/mol. The van der Waals surface area contributed by atoms with E-state index in [1.54, 1.807) is 0 Å². The minimum atomic E-state index is -4.50. The fourth-order valence-electron chi connectivity index (χ4n) is 1.14. The van der Waals surface area contributed by atoms with Gasteiger partial charge in [0.15, 0.2) is 5.78 Å². The van der Waals surface area contributed by atoms with Crippen LogP contribution in [0.3, 0.4) is 0 Å². The molecule has 0 fully saturated rings. The Balaban J connectivity index is 3.25. The number of hydrogen-bond donors (Lipinski definition) is 1. The highest BCUT2D eigenvalue weighted by Crippen LogP contribution is 2.32. The molecule has 1 aromatic rings. The highest BCUT2D eigenvalue weighted by molar-refractivity contribution is 6.34. The van der Waals surface area contributed by atoms with Crippen LogP contribution in [0, 0.1) is 0 Å². The number of alkyl halides is 3. The maximum absolute atomic E-state index is 12.4. The first-order valence-electron chi connectivity index (χ1n) is 4.40. The van der Waals surface area contributed by atoms with Crippen molar-refractivity contribution in [2.45, 2.75) is 19.1 Å². The molecule has 0 bridgehead atoms. The first-order valence-corrected chi connectivity index (χ1v) is 4.78. The van der Waals surface area contributed by atoms with Crippen molar-refractivity contribution in [2.24, 2.45) is 5.73 Å². The molecule has 6 heteroatoms. The summed E-state index contributed by atoms with van der Waals surface area (Å²) in [7, 11) is 0. The first kappa shape index (κ1) is 13.0. The molecule has 1 aromatic carbocycles. The van der Waals surface area contributed by atoms with Crippen molar-refractivity contribution in [3.63, 3.8) is 0 Å². The summed E-state index contributed by atoms with van der Waals surface area (Å²) in [6.45, 7) is 1.39. The number of hydrogen-bond acceptors (Lipinski definition) is 2. The lowest BCUT2D eigenvalue weighted by molar-refractivity contribution is -0.137. The number of ketones is 1. The third-order valence-corrected chi connectivity index (χ3v) is 2.30. The van der Waals surface area contributed by atoms with Crippen molar-refractivity contribution in [1.82, 2.24) is 0 Å². The topological polar surface area (TPSA) is 43.1 Å². The van der Waals surface area contributed by atoms with Gasteiger partial charge in [0, 0.05) is 5.56 Å². The SMILES string of the molecule is CC(N)C(=O)c1cc(C(F)(F)F)ccc1Cl. The molecule has 16 heavy (non-hydrogen) atoms. The molecule has 0 aliphatic rings. The van der Waals surface area contributed by atoms with Crippen molar-refractivity contribution < 1.29 is 18.0 Å². The monoisotopic (exact) mass is 251 g/mol. The summed E-state index contributed by atoms with van der Waals surface area (Å²) in [5.74, 6) is -0.615. The molecule has 0 amide bonds. The van der Waals surface area contributed by atoms with Crippen LogP contribution in [0.5, 0.6) is 0 Å². The maximum atomic E-state index is 12.4. The van der Waals surface area contributed by atoms with E-state index in [9.17, 15) is 18.0 Å². The summed E-state index contributed by atoms with van der Waals surface area (Å²) in [6.07, 6.45) is -4.50. The van der Waals surface area contributed by atoms with Crippen LogP contribution in [0.4, 0.5) is 13.2 Å². The van der Waals surface area contributed by atoms with Crippen LogP contribution in [-0.2, 0) is 6.18 Å². The lowest BCUT2D eigenvalue weighted by Crippen LogP contribution is -2.27. The number of benzene rings is 1. The Labute approximate surface area is 95.2 Å². The van der Waals surface area contributed by atoms with Gasteiger partial charge in [-0.1, -0.05) is 11.6 Å². The van der Waals surface area contributed by atoms with Gasteiger partial charge >= 0.3 is 6.18 Å². The van der Waals surface area contributed by atoms with Gasteiger partial charge in [-0.15, -0.1) is 0 Å². The predicted octanol–water partition coefficient (Wildman–Crippen LogP) is 2.89. The van der Waals surface area contributed by atoms with E-state index in [0.717, 1.165) is 12.1 Å². The largest absolute Gasteiger partial charge is 0.416 e. The minimum Gasteiger partial charge on any atom is -0.321 e. The first-order chi connectivity index (χ1) is 7.23. The summed E-state index contributed by atoms with van der Waals surface area (Å²) in [5, 5.41) is -0.0321. The summed E-state index contributed by atoms with van der Waals surface area (Å²) in [6, 6.07) is 1.69. The maximum Gasteiger partial charge on any atom is 0.416 e. The second kappa shape index (κ2) is 4.43. The van der Waals surface area contributed by atoms with E-state index in [1.165, 1.54) is 6.92 Å². The molecule has 0 aromatic heterocycles. The molecule has 0 aliphatic heterocycles. The number of Topliss-reactive ketones (excluding diaryl/α,β-unsaturated/α-hetero) is 1.